The van der Waals surface area contributed by atoms with Crippen molar-refractivity contribution in [2.24, 2.45) is 0 Å². The lowest BCUT2D eigenvalue weighted by Crippen LogP contribution is -2.12. The Morgan fingerprint density at radius 2 is 1.63 bits per heavy atom. The van der Waals surface area contributed by atoms with Gasteiger partial charge in [0.2, 0.25) is 0 Å². The van der Waals surface area contributed by atoms with Gasteiger partial charge in [-0.05, 0) is 60.0 Å². The molecule has 3 aromatic carbocycles. The third-order valence-corrected chi connectivity index (χ3v) is 4.72. The summed E-state index contributed by atoms with van der Waals surface area (Å²) in [6, 6.07) is 19.8. The van der Waals surface area contributed by atoms with E-state index < -0.39 is 0 Å². The quantitative estimate of drug-likeness (QED) is 0.493. The molecule has 0 atom stereocenters. The summed E-state index contributed by atoms with van der Waals surface area (Å²) in [5, 5.41) is 3.78. The van der Waals surface area contributed by atoms with Crippen LogP contribution in [0.3, 0.4) is 0 Å². The molecule has 0 heterocycles. The molecule has 0 aromatic heterocycles. The normalized spacial score (nSPS) is 10.7. The Morgan fingerprint density at radius 3 is 2.30 bits per heavy atom. The molecule has 0 radical (unpaired) electrons. The lowest BCUT2D eigenvalue weighted by atomic mass is 10.0. The monoisotopic (exact) mass is 399 g/mol. The molecule has 0 spiro atoms. The largest absolute Gasteiger partial charge is 0.456 e. The van der Waals surface area contributed by atoms with Crippen LogP contribution in [0.2, 0.25) is 10.0 Å². The van der Waals surface area contributed by atoms with Gasteiger partial charge in [-0.2, -0.15) is 0 Å². The van der Waals surface area contributed by atoms with Crippen molar-refractivity contribution in [3.05, 3.63) is 87.9 Å². The highest BCUT2D eigenvalue weighted by molar-refractivity contribution is 6.34. The van der Waals surface area contributed by atoms with E-state index in [1.807, 2.05) is 18.2 Å². The molecule has 0 aliphatic carbocycles. The molecule has 3 rings (SSSR count). The minimum absolute atomic E-state index is 0.262. The number of ether oxygens (including phenoxy) is 1. The molecule has 0 saturated heterocycles. The van der Waals surface area contributed by atoms with Gasteiger partial charge in [-0.15, -0.1) is 0 Å². The summed E-state index contributed by atoms with van der Waals surface area (Å²) < 4.78 is 5.90. The lowest BCUT2D eigenvalue weighted by Gasteiger charge is -2.12. The van der Waals surface area contributed by atoms with E-state index in [-0.39, 0.29) is 5.91 Å². The van der Waals surface area contributed by atoms with E-state index in [0.717, 1.165) is 5.56 Å². The van der Waals surface area contributed by atoms with Crippen molar-refractivity contribution in [2.45, 2.75) is 19.8 Å². The number of carbonyl (C=O) groups excluding carboxylic acids is 1. The smallest absolute Gasteiger partial charge is 0.257 e. The predicted octanol–water partition coefficient (Wildman–Crippen LogP) is 7.16. The first-order valence-electron chi connectivity index (χ1n) is 8.57. The zero-order valence-electron chi connectivity index (χ0n) is 15.0. The van der Waals surface area contributed by atoms with Crippen LogP contribution in [-0.4, -0.2) is 5.91 Å². The summed E-state index contributed by atoms with van der Waals surface area (Å²) in [6.45, 7) is 4.23. The topological polar surface area (TPSA) is 38.3 Å². The van der Waals surface area contributed by atoms with Gasteiger partial charge in [-0.1, -0.05) is 55.2 Å². The molecule has 0 unspecified atom stereocenters. The Kier molecular flexibility index (Phi) is 6.04. The number of nitrogens with one attached hydrogen (secondary N) is 1. The maximum atomic E-state index is 12.3. The Balaban J connectivity index is 1.72. The van der Waals surface area contributed by atoms with Gasteiger partial charge in [0.05, 0.1) is 15.6 Å². The summed E-state index contributed by atoms with van der Waals surface area (Å²) in [5.74, 6) is 1.36. The summed E-state index contributed by atoms with van der Waals surface area (Å²) in [5.41, 5.74) is 2.23. The van der Waals surface area contributed by atoms with Crippen LogP contribution in [0.1, 0.15) is 35.7 Å². The fraction of sp³-hybridized carbons (Fsp3) is 0.136. The van der Waals surface area contributed by atoms with Gasteiger partial charge in [0.15, 0.2) is 0 Å². The minimum atomic E-state index is -0.262. The highest BCUT2D eigenvalue weighted by Crippen LogP contribution is 2.32. The van der Waals surface area contributed by atoms with Gasteiger partial charge in [0.25, 0.3) is 5.91 Å². The van der Waals surface area contributed by atoms with E-state index in [1.165, 1.54) is 0 Å². The molecule has 5 heteroatoms. The van der Waals surface area contributed by atoms with Gasteiger partial charge in [0.1, 0.15) is 11.5 Å². The van der Waals surface area contributed by atoms with Crippen molar-refractivity contribution in [3.63, 3.8) is 0 Å². The molecule has 0 fully saturated rings. The molecule has 27 heavy (non-hydrogen) atoms. The summed E-state index contributed by atoms with van der Waals surface area (Å²) in [6.07, 6.45) is 0. The van der Waals surface area contributed by atoms with Crippen LogP contribution in [0, 0.1) is 0 Å². The fourth-order valence-corrected chi connectivity index (χ4v) is 2.91. The van der Waals surface area contributed by atoms with Crippen molar-refractivity contribution in [2.75, 3.05) is 5.32 Å². The molecule has 138 valence electrons. The van der Waals surface area contributed by atoms with Crippen LogP contribution in [0.15, 0.2) is 66.7 Å². The standard InChI is InChI=1S/C22H19Cl2NO2/c1-14(2)15-7-12-20(24)21(13-15)27-17-10-8-16(9-11-17)25-22(26)18-5-3-4-6-19(18)23/h3-14H,1-2H3,(H,25,26). The molecule has 1 amide bonds. The minimum Gasteiger partial charge on any atom is -0.456 e. The number of hydrogen-bond donors (Lipinski definition) is 1. The molecule has 0 bridgehead atoms. The van der Waals surface area contributed by atoms with Gasteiger partial charge < -0.3 is 10.1 Å². The Hall–Kier alpha value is -2.49. The highest BCUT2D eigenvalue weighted by atomic mass is 35.5. The molecule has 3 nitrogen and oxygen atoms in total. The third kappa shape index (κ3) is 4.82. The van der Waals surface area contributed by atoms with Crippen molar-refractivity contribution in [1.82, 2.24) is 0 Å². The van der Waals surface area contributed by atoms with E-state index in [0.29, 0.717) is 38.7 Å². The fourth-order valence-electron chi connectivity index (χ4n) is 2.53. The van der Waals surface area contributed by atoms with Crippen LogP contribution in [-0.2, 0) is 0 Å². The van der Waals surface area contributed by atoms with Crippen LogP contribution in [0.4, 0.5) is 5.69 Å². The second kappa shape index (κ2) is 8.47. The first-order valence-corrected chi connectivity index (χ1v) is 9.33. The maximum absolute atomic E-state index is 12.3. The molecule has 1 N–H and O–H groups in total. The van der Waals surface area contributed by atoms with E-state index in [2.05, 4.69) is 19.2 Å². The first kappa shape index (κ1) is 19.3. The number of anilines is 1. The Bertz CT molecular complexity index is 953. The predicted molar refractivity (Wildman–Crippen MR) is 111 cm³/mol. The number of hydrogen-bond acceptors (Lipinski definition) is 2. The molecular formula is C22H19Cl2NO2. The van der Waals surface area contributed by atoms with E-state index in [1.54, 1.807) is 48.5 Å². The van der Waals surface area contributed by atoms with E-state index in [9.17, 15) is 4.79 Å². The van der Waals surface area contributed by atoms with Crippen molar-refractivity contribution in [1.29, 1.82) is 0 Å². The van der Waals surface area contributed by atoms with Gasteiger partial charge in [-0.25, -0.2) is 0 Å². The SMILES string of the molecule is CC(C)c1ccc(Cl)c(Oc2ccc(NC(=O)c3ccccc3Cl)cc2)c1. The average molecular weight is 400 g/mol. The molecular weight excluding hydrogens is 381 g/mol. The zero-order valence-corrected chi connectivity index (χ0v) is 16.5. The van der Waals surface area contributed by atoms with Crippen LogP contribution >= 0.6 is 23.2 Å². The second-order valence-electron chi connectivity index (χ2n) is 6.40. The molecule has 3 aromatic rings. The number of amides is 1. The number of carbonyl (C=O) groups is 1. The Labute approximate surface area is 168 Å². The average Bonchev–Trinajstić information content (AvgIpc) is 2.65. The van der Waals surface area contributed by atoms with Crippen molar-refractivity contribution in [3.8, 4) is 11.5 Å². The summed E-state index contributed by atoms with van der Waals surface area (Å²) in [4.78, 5) is 12.3. The zero-order chi connectivity index (χ0) is 19.4. The van der Waals surface area contributed by atoms with Gasteiger partial charge in [-0.3, -0.25) is 4.79 Å². The number of benzene rings is 3. The summed E-state index contributed by atoms with van der Waals surface area (Å²) >= 11 is 12.3. The maximum Gasteiger partial charge on any atom is 0.257 e. The lowest BCUT2D eigenvalue weighted by molar-refractivity contribution is 0.102. The molecule has 0 saturated carbocycles. The van der Waals surface area contributed by atoms with Gasteiger partial charge >= 0.3 is 0 Å². The third-order valence-electron chi connectivity index (χ3n) is 4.08. The molecule has 0 aliphatic heterocycles. The summed E-state index contributed by atoms with van der Waals surface area (Å²) in [7, 11) is 0. The van der Waals surface area contributed by atoms with Crippen molar-refractivity contribution >= 4 is 34.8 Å². The first-order chi connectivity index (χ1) is 12.9. The van der Waals surface area contributed by atoms with E-state index in [4.69, 9.17) is 27.9 Å². The van der Waals surface area contributed by atoms with Crippen LogP contribution < -0.4 is 10.1 Å². The van der Waals surface area contributed by atoms with Crippen LogP contribution in [0.25, 0.3) is 0 Å². The van der Waals surface area contributed by atoms with Crippen LogP contribution in [0.5, 0.6) is 11.5 Å². The highest BCUT2D eigenvalue weighted by Gasteiger charge is 2.11. The van der Waals surface area contributed by atoms with Gasteiger partial charge in [0, 0.05) is 5.69 Å². The number of rotatable bonds is 5. The van der Waals surface area contributed by atoms with E-state index >= 15 is 0 Å². The second-order valence-corrected chi connectivity index (χ2v) is 7.22. The number of halogens is 2. The Morgan fingerprint density at radius 1 is 0.926 bits per heavy atom. The molecule has 0 aliphatic rings. The van der Waals surface area contributed by atoms with Crippen molar-refractivity contribution < 1.29 is 9.53 Å².